The molecule has 2 amide bonds. The van der Waals surface area contributed by atoms with E-state index in [0.717, 1.165) is 47.3 Å². The highest BCUT2D eigenvalue weighted by Gasteiger charge is 2.43. The first kappa shape index (κ1) is 28.1. The molecule has 0 aliphatic heterocycles. The van der Waals surface area contributed by atoms with Gasteiger partial charge in [-0.1, -0.05) is 61.7 Å². The van der Waals surface area contributed by atoms with Crippen LogP contribution in [0.15, 0.2) is 78.9 Å². The Morgan fingerprint density at radius 1 is 0.932 bits per heavy atom. The predicted octanol–water partition coefficient (Wildman–Crippen LogP) is 6.84. The van der Waals surface area contributed by atoms with Crippen LogP contribution in [-0.4, -0.2) is 38.0 Å². The summed E-state index contributed by atoms with van der Waals surface area (Å²) >= 11 is 0. The third kappa shape index (κ3) is 5.29. The Kier molecular flexibility index (Phi) is 7.28. The van der Waals surface area contributed by atoms with Crippen molar-refractivity contribution in [1.82, 2.24) is 14.9 Å². The molecule has 44 heavy (non-hydrogen) atoms. The summed E-state index contributed by atoms with van der Waals surface area (Å²) in [4.78, 5) is 43.2. The molecule has 1 unspecified atom stereocenters. The molecule has 8 heteroatoms. The van der Waals surface area contributed by atoms with Crippen molar-refractivity contribution in [3.05, 3.63) is 90.0 Å². The molecule has 1 aromatic heterocycles. The molecular weight excluding hydrogens is 552 g/mol. The van der Waals surface area contributed by atoms with E-state index in [1.54, 1.807) is 24.3 Å². The third-order valence-corrected chi connectivity index (χ3v) is 9.85. The average molecular weight is 589 g/mol. The van der Waals surface area contributed by atoms with E-state index in [4.69, 9.17) is 10.1 Å². The van der Waals surface area contributed by atoms with Gasteiger partial charge in [-0.3, -0.25) is 9.59 Å². The number of imidazole rings is 1. The molecule has 3 atom stereocenters. The lowest BCUT2D eigenvalue weighted by Gasteiger charge is -2.29. The number of carbonyl (C=O) groups excluding carboxylic acids is 2. The number of aromatic nitrogens is 2. The molecule has 0 spiro atoms. The maximum absolute atomic E-state index is 13.7. The zero-order valence-electron chi connectivity index (χ0n) is 24.5. The maximum atomic E-state index is 13.7. The van der Waals surface area contributed by atoms with Gasteiger partial charge >= 0.3 is 5.97 Å². The van der Waals surface area contributed by atoms with Crippen LogP contribution in [0, 0.1) is 11.8 Å². The number of amides is 2. The van der Waals surface area contributed by atoms with Crippen LogP contribution in [0.25, 0.3) is 28.5 Å². The number of fused-ring (bicyclic) bond motifs is 3. The summed E-state index contributed by atoms with van der Waals surface area (Å²) in [6.45, 7) is 0. The fourth-order valence-corrected chi connectivity index (χ4v) is 7.67. The first-order valence-electron chi connectivity index (χ1n) is 15.6. The lowest BCUT2D eigenvalue weighted by Crippen LogP contribution is -2.55. The van der Waals surface area contributed by atoms with Crippen molar-refractivity contribution in [2.45, 2.75) is 62.9 Å². The van der Waals surface area contributed by atoms with E-state index < -0.39 is 11.5 Å². The largest absolute Gasteiger partial charge is 0.478 e. The van der Waals surface area contributed by atoms with Crippen LogP contribution >= 0.6 is 0 Å². The van der Waals surface area contributed by atoms with Gasteiger partial charge in [0.2, 0.25) is 5.91 Å². The minimum Gasteiger partial charge on any atom is -0.478 e. The number of benzene rings is 3. The van der Waals surface area contributed by atoms with Crippen LogP contribution in [0.2, 0.25) is 0 Å². The highest BCUT2D eigenvalue weighted by molar-refractivity contribution is 6.05. The average Bonchev–Trinajstić information content (AvgIpc) is 3.85. The van der Waals surface area contributed by atoms with Crippen molar-refractivity contribution < 1.29 is 19.5 Å². The van der Waals surface area contributed by atoms with Gasteiger partial charge in [-0.15, -0.1) is 0 Å². The molecule has 3 fully saturated rings. The molecule has 0 saturated heterocycles. The smallest absolute Gasteiger partial charge is 0.328 e. The van der Waals surface area contributed by atoms with Crippen LogP contribution in [0.4, 0.5) is 5.69 Å². The third-order valence-electron chi connectivity index (χ3n) is 9.85. The first-order chi connectivity index (χ1) is 21.4. The number of nitrogens with one attached hydrogen (secondary N) is 2. The fourth-order valence-electron chi connectivity index (χ4n) is 7.67. The van der Waals surface area contributed by atoms with E-state index in [0.29, 0.717) is 41.6 Å². The summed E-state index contributed by atoms with van der Waals surface area (Å²) in [5.41, 5.74) is 3.69. The van der Waals surface area contributed by atoms with Crippen molar-refractivity contribution in [1.29, 1.82) is 0 Å². The van der Waals surface area contributed by atoms with Gasteiger partial charge in [0.05, 0.1) is 11.0 Å². The monoisotopic (exact) mass is 588 g/mol. The Labute approximate surface area is 256 Å². The topological polar surface area (TPSA) is 113 Å². The standard InChI is InChI=1S/C36H36N4O4/c41-32(42)17-11-23-9-14-28(15-10-23)37-35(44)36(18-4-5-19-36)39-34(43)27-13-16-30-29(22-27)38-33(25-6-2-1-3-7-25)40(30)31-21-24-8-12-26(31)20-24/h1-3,6-7,9-11,13-17,22,24,26,31H,4-5,8,12,18-21H2,(H,37,44)(H,39,43)(H,41,42)/b17-11+/t24-,26+,31?/m0/s1. The van der Waals surface area contributed by atoms with E-state index in [-0.39, 0.29) is 11.8 Å². The maximum Gasteiger partial charge on any atom is 0.328 e. The summed E-state index contributed by atoms with van der Waals surface area (Å²) in [6, 6.07) is 23.4. The molecule has 4 aromatic rings. The minimum atomic E-state index is -1.02. The van der Waals surface area contributed by atoms with Crippen LogP contribution in [0.1, 0.15) is 73.3 Å². The molecule has 224 valence electrons. The number of aliphatic carboxylic acids is 1. The number of nitrogens with zero attached hydrogens (tertiary/aromatic N) is 2. The Bertz CT molecular complexity index is 1750. The highest BCUT2D eigenvalue weighted by atomic mass is 16.4. The highest BCUT2D eigenvalue weighted by Crippen LogP contribution is 2.52. The number of hydrogen-bond donors (Lipinski definition) is 3. The summed E-state index contributed by atoms with van der Waals surface area (Å²) < 4.78 is 2.42. The second-order valence-corrected chi connectivity index (χ2v) is 12.6. The van der Waals surface area contributed by atoms with Crippen molar-refractivity contribution in [2.24, 2.45) is 11.8 Å². The number of hydrogen-bond acceptors (Lipinski definition) is 4. The van der Waals surface area contributed by atoms with Crippen molar-refractivity contribution >= 4 is 40.6 Å². The van der Waals surface area contributed by atoms with E-state index in [2.05, 4.69) is 27.3 Å². The number of carboxylic acid groups (broad SMARTS) is 1. The Morgan fingerprint density at radius 3 is 2.39 bits per heavy atom. The first-order valence-corrected chi connectivity index (χ1v) is 15.6. The van der Waals surface area contributed by atoms with E-state index in [1.165, 1.54) is 31.8 Å². The quantitative estimate of drug-likeness (QED) is 0.195. The molecule has 7 rings (SSSR count). The second-order valence-electron chi connectivity index (χ2n) is 12.6. The van der Waals surface area contributed by atoms with Gasteiger partial charge in [0.15, 0.2) is 0 Å². The summed E-state index contributed by atoms with van der Waals surface area (Å²) in [5, 5.41) is 14.9. The van der Waals surface area contributed by atoms with Crippen LogP contribution in [0.3, 0.4) is 0 Å². The second kappa shape index (κ2) is 11.4. The Hall–Kier alpha value is -4.72. The molecule has 3 aliphatic carbocycles. The molecular formula is C36H36N4O4. The zero-order chi connectivity index (χ0) is 30.3. The van der Waals surface area contributed by atoms with Gasteiger partial charge in [0, 0.05) is 28.9 Å². The Balaban J connectivity index is 1.14. The fraction of sp³-hybridized carbons (Fsp3) is 0.333. The van der Waals surface area contributed by atoms with Crippen molar-refractivity contribution in [3.63, 3.8) is 0 Å². The van der Waals surface area contributed by atoms with Crippen LogP contribution in [-0.2, 0) is 9.59 Å². The number of carbonyl (C=O) groups is 3. The van der Waals surface area contributed by atoms with Crippen LogP contribution < -0.4 is 10.6 Å². The van der Waals surface area contributed by atoms with Gasteiger partial charge in [0.1, 0.15) is 11.4 Å². The molecule has 3 aliphatic rings. The molecule has 3 aromatic carbocycles. The summed E-state index contributed by atoms with van der Waals surface area (Å²) in [6.07, 6.45) is 10.4. The molecule has 1 heterocycles. The van der Waals surface area contributed by atoms with Gasteiger partial charge in [-0.05, 0) is 85.9 Å². The predicted molar refractivity (Wildman–Crippen MR) is 170 cm³/mol. The van der Waals surface area contributed by atoms with Gasteiger partial charge in [-0.25, -0.2) is 9.78 Å². The normalized spacial score (nSPS) is 22.0. The van der Waals surface area contributed by atoms with Gasteiger partial charge in [0.25, 0.3) is 5.91 Å². The molecule has 2 bridgehead atoms. The Morgan fingerprint density at radius 2 is 1.70 bits per heavy atom. The zero-order valence-corrected chi connectivity index (χ0v) is 24.5. The van der Waals surface area contributed by atoms with E-state index in [9.17, 15) is 14.4 Å². The SMILES string of the molecule is O=C(O)/C=C/c1ccc(NC(=O)C2(NC(=O)c3ccc4c(c3)nc(-c3ccccc3)n4C3C[C@H]4CC[C@@H]3C4)CCCC2)cc1. The lowest BCUT2D eigenvalue weighted by molar-refractivity contribution is -0.131. The summed E-state index contributed by atoms with van der Waals surface area (Å²) in [7, 11) is 0. The van der Waals surface area contributed by atoms with E-state index >= 15 is 0 Å². The molecule has 3 N–H and O–H groups in total. The van der Waals surface area contributed by atoms with Crippen molar-refractivity contribution in [2.75, 3.05) is 5.32 Å². The van der Waals surface area contributed by atoms with Crippen LogP contribution in [0.5, 0.6) is 0 Å². The van der Waals surface area contributed by atoms with E-state index in [1.807, 2.05) is 36.4 Å². The minimum absolute atomic E-state index is 0.245. The molecule has 0 radical (unpaired) electrons. The van der Waals surface area contributed by atoms with Gasteiger partial charge in [-0.2, -0.15) is 0 Å². The van der Waals surface area contributed by atoms with Gasteiger partial charge < -0.3 is 20.3 Å². The number of rotatable bonds is 8. The number of carboxylic acids is 1. The molecule has 8 nitrogen and oxygen atoms in total. The summed E-state index contributed by atoms with van der Waals surface area (Å²) in [5.74, 6) is 0.856. The molecule has 3 saturated carbocycles. The lowest BCUT2D eigenvalue weighted by atomic mass is 9.94. The van der Waals surface area contributed by atoms with Crippen molar-refractivity contribution in [3.8, 4) is 11.4 Å². The number of anilines is 1.